The lowest BCUT2D eigenvalue weighted by Crippen LogP contribution is -1.92. The number of pyridine rings is 1. The Morgan fingerprint density at radius 3 is 2.60 bits per heavy atom. The summed E-state index contributed by atoms with van der Waals surface area (Å²) in [6, 6.07) is 12.4. The third-order valence-electron chi connectivity index (χ3n) is 1.80. The fourth-order valence-electron chi connectivity index (χ4n) is 1.13. The summed E-state index contributed by atoms with van der Waals surface area (Å²) in [5.41, 5.74) is 5.53. The first kappa shape index (κ1) is 9.80. The zero-order valence-corrected chi connectivity index (χ0v) is 8.61. The number of benzene rings is 1. The maximum absolute atomic E-state index is 5.93. The summed E-state index contributed by atoms with van der Waals surface area (Å²) < 4.78 is 5.47. The highest BCUT2D eigenvalue weighted by atomic mass is 35.5. The van der Waals surface area contributed by atoms with E-state index in [0.717, 1.165) is 0 Å². The summed E-state index contributed by atoms with van der Waals surface area (Å²) in [5.74, 6) is 1.42. The maximum Gasteiger partial charge on any atom is 0.221 e. The molecule has 0 saturated heterocycles. The molecule has 2 rings (SSSR count). The number of ether oxygens (including phenoxy) is 1. The molecule has 1 aromatic carbocycles. The van der Waals surface area contributed by atoms with Gasteiger partial charge in [-0.15, -0.1) is 0 Å². The summed E-state index contributed by atoms with van der Waals surface area (Å²) in [7, 11) is 0. The van der Waals surface area contributed by atoms with E-state index < -0.39 is 0 Å². The van der Waals surface area contributed by atoms with Crippen molar-refractivity contribution in [2.75, 3.05) is 5.73 Å². The first-order chi connectivity index (χ1) is 7.25. The van der Waals surface area contributed by atoms with E-state index in [4.69, 9.17) is 22.1 Å². The minimum absolute atomic E-state index is 0.416. The van der Waals surface area contributed by atoms with E-state index in [9.17, 15) is 0 Å². The van der Waals surface area contributed by atoms with Gasteiger partial charge in [-0.1, -0.05) is 29.8 Å². The highest BCUT2D eigenvalue weighted by Crippen LogP contribution is 2.27. The summed E-state index contributed by atoms with van der Waals surface area (Å²) in [6.45, 7) is 0. The molecule has 4 heteroatoms. The second kappa shape index (κ2) is 4.19. The van der Waals surface area contributed by atoms with Gasteiger partial charge in [-0.25, -0.2) is 0 Å². The molecular formula is C11H9ClN2O. The summed E-state index contributed by atoms with van der Waals surface area (Å²) in [4.78, 5) is 4.01. The Bertz CT molecular complexity index is 474. The Kier molecular flexibility index (Phi) is 2.74. The van der Waals surface area contributed by atoms with Crippen LogP contribution in [0.1, 0.15) is 0 Å². The predicted octanol–water partition coefficient (Wildman–Crippen LogP) is 3.11. The van der Waals surface area contributed by atoms with Crippen LogP contribution in [0.25, 0.3) is 0 Å². The number of nitrogens with zero attached hydrogens (tertiary/aromatic N) is 1. The van der Waals surface area contributed by atoms with Gasteiger partial charge < -0.3 is 10.5 Å². The minimum atomic E-state index is 0.416. The van der Waals surface area contributed by atoms with Gasteiger partial charge in [0, 0.05) is 6.07 Å². The quantitative estimate of drug-likeness (QED) is 0.846. The number of anilines is 1. The van der Waals surface area contributed by atoms with Gasteiger partial charge in [-0.3, -0.25) is 0 Å². The Hall–Kier alpha value is -1.74. The van der Waals surface area contributed by atoms with Gasteiger partial charge in [0.15, 0.2) is 0 Å². The van der Waals surface area contributed by atoms with E-state index in [1.807, 2.05) is 12.1 Å². The molecule has 0 bridgehead atoms. The lowest BCUT2D eigenvalue weighted by molar-refractivity contribution is 0.464. The molecule has 0 aliphatic heterocycles. The molecule has 0 fully saturated rings. The number of rotatable bonds is 2. The lowest BCUT2D eigenvalue weighted by Gasteiger charge is -2.06. The first-order valence-electron chi connectivity index (χ1n) is 4.40. The van der Waals surface area contributed by atoms with Crippen molar-refractivity contribution >= 4 is 17.4 Å². The largest absolute Gasteiger partial charge is 0.437 e. The van der Waals surface area contributed by atoms with Gasteiger partial charge in [-0.05, 0) is 18.2 Å². The lowest BCUT2D eigenvalue weighted by atomic mass is 10.3. The SMILES string of the molecule is Nc1cccc(Oc2ccccc2Cl)n1. The van der Waals surface area contributed by atoms with E-state index in [-0.39, 0.29) is 0 Å². The van der Waals surface area contributed by atoms with Gasteiger partial charge in [0.2, 0.25) is 5.88 Å². The van der Waals surface area contributed by atoms with Crippen molar-refractivity contribution in [2.24, 2.45) is 0 Å². The number of nitrogen functional groups attached to an aromatic ring is 1. The molecule has 0 aliphatic rings. The van der Waals surface area contributed by atoms with Crippen molar-refractivity contribution in [1.29, 1.82) is 0 Å². The highest BCUT2D eigenvalue weighted by Gasteiger charge is 2.02. The Labute approximate surface area is 92.5 Å². The van der Waals surface area contributed by atoms with Crippen LogP contribution in [-0.2, 0) is 0 Å². The van der Waals surface area contributed by atoms with Crippen LogP contribution < -0.4 is 10.5 Å². The number of para-hydroxylation sites is 1. The Morgan fingerprint density at radius 1 is 1.07 bits per heavy atom. The molecule has 76 valence electrons. The molecule has 0 saturated carbocycles. The van der Waals surface area contributed by atoms with Crippen LogP contribution in [0.4, 0.5) is 5.82 Å². The van der Waals surface area contributed by atoms with Crippen LogP contribution in [0, 0.1) is 0 Å². The van der Waals surface area contributed by atoms with E-state index in [0.29, 0.717) is 22.5 Å². The number of aromatic nitrogens is 1. The Morgan fingerprint density at radius 2 is 1.87 bits per heavy atom. The maximum atomic E-state index is 5.93. The van der Waals surface area contributed by atoms with Crippen LogP contribution in [0.15, 0.2) is 42.5 Å². The standard InChI is InChI=1S/C11H9ClN2O/c12-8-4-1-2-5-9(8)15-11-7-3-6-10(13)14-11/h1-7H,(H2,13,14). The van der Waals surface area contributed by atoms with E-state index in [1.54, 1.807) is 30.3 Å². The average Bonchev–Trinajstić information content (AvgIpc) is 2.22. The topological polar surface area (TPSA) is 48.1 Å². The second-order valence-electron chi connectivity index (χ2n) is 2.93. The van der Waals surface area contributed by atoms with Gasteiger partial charge >= 0.3 is 0 Å². The van der Waals surface area contributed by atoms with Gasteiger partial charge in [0.25, 0.3) is 0 Å². The van der Waals surface area contributed by atoms with Crippen LogP contribution in [-0.4, -0.2) is 4.98 Å². The predicted molar refractivity (Wildman–Crippen MR) is 60.2 cm³/mol. The van der Waals surface area contributed by atoms with Crippen molar-refractivity contribution in [3.63, 3.8) is 0 Å². The fourth-order valence-corrected chi connectivity index (χ4v) is 1.30. The third kappa shape index (κ3) is 2.39. The normalized spacial score (nSPS) is 9.93. The molecule has 2 N–H and O–H groups in total. The number of hydrogen-bond acceptors (Lipinski definition) is 3. The second-order valence-corrected chi connectivity index (χ2v) is 3.34. The van der Waals surface area contributed by atoms with Crippen molar-refractivity contribution < 1.29 is 4.74 Å². The highest BCUT2D eigenvalue weighted by molar-refractivity contribution is 6.32. The fraction of sp³-hybridized carbons (Fsp3) is 0. The molecule has 0 spiro atoms. The first-order valence-corrected chi connectivity index (χ1v) is 4.78. The number of halogens is 1. The van der Waals surface area contributed by atoms with Crippen LogP contribution in [0.2, 0.25) is 5.02 Å². The molecule has 0 amide bonds. The molecule has 0 unspecified atom stereocenters. The van der Waals surface area contributed by atoms with Crippen molar-refractivity contribution in [2.45, 2.75) is 0 Å². The van der Waals surface area contributed by atoms with E-state index in [1.165, 1.54) is 0 Å². The van der Waals surface area contributed by atoms with Crippen molar-refractivity contribution in [1.82, 2.24) is 4.98 Å². The summed E-state index contributed by atoms with van der Waals surface area (Å²) >= 11 is 5.93. The summed E-state index contributed by atoms with van der Waals surface area (Å²) in [6.07, 6.45) is 0. The van der Waals surface area contributed by atoms with E-state index in [2.05, 4.69) is 4.98 Å². The smallest absolute Gasteiger partial charge is 0.221 e. The molecule has 15 heavy (non-hydrogen) atoms. The third-order valence-corrected chi connectivity index (χ3v) is 2.11. The van der Waals surface area contributed by atoms with Crippen LogP contribution in [0.5, 0.6) is 11.6 Å². The molecule has 0 atom stereocenters. The van der Waals surface area contributed by atoms with Crippen molar-refractivity contribution in [3.05, 3.63) is 47.5 Å². The van der Waals surface area contributed by atoms with Crippen LogP contribution >= 0.6 is 11.6 Å². The number of nitrogens with two attached hydrogens (primary N) is 1. The molecular weight excluding hydrogens is 212 g/mol. The van der Waals surface area contributed by atoms with Gasteiger partial charge in [0.1, 0.15) is 11.6 Å². The van der Waals surface area contributed by atoms with Crippen LogP contribution in [0.3, 0.4) is 0 Å². The molecule has 1 aromatic heterocycles. The zero-order chi connectivity index (χ0) is 10.7. The molecule has 2 aromatic rings. The van der Waals surface area contributed by atoms with Gasteiger partial charge in [0.05, 0.1) is 5.02 Å². The zero-order valence-electron chi connectivity index (χ0n) is 7.85. The molecule has 1 heterocycles. The van der Waals surface area contributed by atoms with E-state index >= 15 is 0 Å². The van der Waals surface area contributed by atoms with Crippen molar-refractivity contribution in [3.8, 4) is 11.6 Å². The Balaban J connectivity index is 2.26. The summed E-state index contributed by atoms with van der Waals surface area (Å²) in [5, 5.41) is 0.543. The molecule has 0 aliphatic carbocycles. The molecule has 3 nitrogen and oxygen atoms in total. The van der Waals surface area contributed by atoms with Gasteiger partial charge in [-0.2, -0.15) is 4.98 Å². The minimum Gasteiger partial charge on any atom is -0.437 e. The molecule has 0 radical (unpaired) electrons. The number of hydrogen-bond donors (Lipinski definition) is 1. The average molecular weight is 221 g/mol. The monoisotopic (exact) mass is 220 g/mol.